The fourth-order valence-electron chi connectivity index (χ4n) is 2.93. The van der Waals surface area contributed by atoms with Crippen LogP contribution < -0.4 is 14.2 Å². The molecule has 2 aromatic carbocycles. The van der Waals surface area contributed by atoms with Crippen molar-refractivity contribution in [3.8, 4) is 29.1 Å². The molecule has 6 heteroatoms. The van der Waals surface area contributed by atoms with Crippen LogP contribution in [-0.4, -0.2) is 25.2 Å². The standard InChI is InChI=1S/C18H16N2O4/c1-22-14-6-3-10(7-16(14)23-2)17-12-5-4-11(21)8-15(12)24-18(20)13(17)9-19/h3-8,13,17,20-21H,1-2H3. The minimum absolute atomic E-state index is 0.0445. The van der Waals surface area contributed by atoms with Gasteiger partial charge in [-0.15, -0.1) is 0 Å². The number of fused-ring (bicyclic) bond motifs is 1. The maximum absolute atomic E-state index is 9.65. The number of nitriles is 1. The van der Waals surface area contributed by atoms with E-state index < -0.39 is 11.8 Å². The molecule has 0 saturated carbocycles. The number of hydrogen-bond donors (Lipinski definition) is 2. The van der Waals surface area contributed by atoms with Gasteiger partial charge in [0.25, 0.3) is 0 Å². The molecule has 2 atom stereocenters. The van der Waals surface area contributed by atoms with Crippen molar-refractivity contribution in [1.29, 1.82) is 10.7 Å². The van der Waals surface area contributed by atoms with E-state index in [4.69, 9.17) is 19.6 Å². The average molecular weight is 324 g/mol. The van der Waals surface area contributed by atoms with E-state index in [-0.39, 0.29) is 11.6 Å². The Hall–Kier alpha value is -3.20. The van der Waals surface area contributed by atoms with Crippen molar-refractivity contribution in [2.75, 3.05) is 14.2 Å². The Kier molecular flexibility index (Phi) is 4.00. The first-order chi connectivity index (χ1) is 11.6. The minimum Gasteiger partial charge on any atom is -0.508 e. The fraction of sp³-hybridized carbons (Fsp3) is 0.222. The highest BCUT2D eigenvalue weighted by Crippen LogP contribution is 2.44. The molecule has 0 saturated heterocycles. The molecule has 3 rings (SSSR count). The van der Waals surface area contributed by atoms with Crippen molar-refractivity contribution in [2.45, 2.75) is 5.92 Å². The number of benzene rings is 2. The van der Waals surface area contributed by atoms with E-state index in [0.29, 0.717) is 17.2 Å². The zero-order valence-electron chi connectivity index (χ0n) is 13.2. The monoisotopic (exact) mass is 324 g/mol. The molecule has 24 heavy (non-hydrogen) atoms. The summed E-state index contributed by atoms with van der Waals surface area (Å²) in [6.07, 6.45) is 0. The molecule has 1 aliphatic heterocycles. The van der Waals surface area contributed by atoms with E-state index in [9.17, 15) is 10.4 Å². The largest absolute Gasteiger partial charge is 0.508 e. The third kappa shape index (κ3) is 2.50. The number of rotatable bonds is 3. The third-order valence-corrected chi connectivity index (χ3v) is 4.07. The lowest BCUT2D eigenvalue weighted by Crippen LogP contribution is -2.30. The molecule has 0 amide bonds. The van der Waals surface area contributed by atoms with Crippen LogP contribution in [0.1, 0.15) is 17.0 Å². The van der Waals surface area contributed by atoms with E-state index in [1.54, 1.807) is 38.5 Å². The van der Waals surface area contributed by atoms with Crippen LogP contribution in [0.15, 0.2) is 36.4 Å². The summed E-state index contributed by atoms with van der Waals surface area (Å²) >= 11 is 0. The maximum atomic E-state index is 9.65. The van der Waals surface area contributed by atoms with Gasteiger partial charge in [-0.1, -0.05) is 12.1 Å². The predicted octanol–water partition coefficient (Wildman–Crippen LogP) is 3.05. The highest BCUT2D eigenvalue weighted by Gasteiger charge is 2.37. The Morgan fingerprint density at radius 3 is 2.54 bits per heavy atom. The van der Waals surface area contributed by atoms with E-state index in [1.807, 2.05) is 6.07 Å². The molecule has 6 nitrogen and oxygen atoms in total. The summed E-state index contributed by atoms with van der Waals surface area (Å²) in [5.41, 5.74) is 1.54. The van der Waals surface area contributed by atoms with Crippen molar-refractivity contribution >= 4 is 5.90 Å². The highest BCUT2D eigenvalue weighted by atomic mass is 16.5. The van der Waals surface area contributed by atoms with Crippen molar-refractivity contribution in [1.82, 2.24) is 0 Å². The van der Waals surface area contributed by atoms with Crippen LogP contribution in [0.25, 0.3) is 0 Å². The number of phenols is 1. The van der Waals surface area contributed by atoms with Crippen molar-refractivity contribution in [3.63, 3.8) is 0 Å². The fourth-order valence-corrected chi connectivity index (χ4v) is 2.93. The van der Waals surface area contributed by atoms with Crippen LogP contribution in [0.3, 0.4) is 0 Å². The van der Waals surface area contributed by atoms with Gasteiger partial charge in [0.2, 0.25) is 5.90 Å². The normalized spacial score (nSPS) is 19.0. The van der Waals surface area contributed by atoms with Gasteiger partial charge in [0.1, 0.15) is 17.4 Å². The number of nitrogens with zero attached hydrogens (tertiary/aromatic N) is 1. The van der Waals surface area contributed by atoms with Gasteiger partial charge in [-0.25, -0.2) is 0 Å². The molecule has 2 N–H and O–H groups in total. The molecule has 2 aromatic rings. The van der Waals surface area contributed by atoms with Crippen molar-refractivity contribution in [2.24, 2.45) is 5.92 Å². The first-order valence-corrected chi connectivity index (χ1v) is 7.29. The summed E-state index contributed by atoms with van der Waals surface area (Å²) in [7, 11) is 3.10. The molecule has 1 aliphatic rings. The summed E-state index contributed by atoms with van der Waals surface area (Å²) in [6, 6.07) is 12.2. The number of methoxy groups -OCH3 is 2. The average Bonchev–Trinajstić information content (AvgIpc) is 2.59. The second kappa shape index (κ2) is 6.13. The molecule has 2 unspecified atom stereocenters. The Bertz CT molecular complexity index is 841. The van der Waals surface area contributed by atoms with Gasteiger partial charge >= 0.3 is 0 Å². The Morgan fingerprint density at radius 2 is 1.88 bits per heavy atom. The lowest BCUT2D eigenvalue weighted by molar-refractivity contribution is 0.354. The summed E-state index contributed by atoms with van der Waals surface area (Å²) in [4.78, 5) is 0. The second-order valence-corrected chi connectivity index (χ2v) is 5.39. The van der Waals surface area contributed by atoms with E-state index in [2.05, 4.69) is 6.07 Å². The van der Waals surface area contributed by atoms with Crippen LogP contribution in [0, 0.1) is 22.7 Å². The van der Waals surface area contributed by atoms with Gasteiger partial charge in [-0.3, -0.25) is 5.41 Å². The molecule has 0 fully saturated rings. The van der Waals surface area contributed by atoms with Crippen LogP contribution in [0.5, 0.6) is 23.0 Å². The number of nitrogens with one attached hydrogen (secondary N) is 1. The Morgan fingerprint density at radius 1 is 1.12 bits per heavy atom. The summed E-state index contributed by atoms with van der Waals surface area (Å²) < 4.78 is 16.0. The quantitative estimate of drug-likeness (QED) is 0.904. The maximum Gasteiger partial charge on any atom is 0.205 e. The van der Waals surface area contributed by atoms with Crippen molar-refractivity contribution in [3.05, 3.63) is 47.5 Å². The van der Waals surface area contributed by atoms with E-state index in [0.717, 1.165) is 11.1 Å². The Labute approximate surface area is 139 Å². The first-order valence-electron chi connectivity index (χ1n) is 7.29. The van der Waals surface area contributed by atoms with Crippen LogP contribution in [0.2, 0.25) is 0 Å². The van der Waals surface area contributed by atoms with Gasteiger partial charge in [-0.2, -0.15) is 5.26 Å². The van der Waals surface area contributed by atoms with Gasteiger partial charge in [0, 0.05) is 17.5 Å². The molecule has 0 aromatic heterocycles. The molecule has 0 radical (unpaired) electrons. The molecular weight excluding hydrogens is 308 g/mol. The number of aromatic hydroxyl groups is 1. The van der Waals surface area contributed by atoms with Crippen LogP contribution >= 0.6 is 0 Å². The summed E-state index contributed by atoms with van der Waals surface area (Å²) in [5.74, 6) is 0.254. The highest BCUT2D eigenvalue weighted by molar-refractivity contribution is 5.85. The number of phenolic OH excluding ortho intramolecular Hbond substituents is 1. The Balaban J connectivity index is 2.17. The lowest BCUT2D eigenvalue weighted by atomic mass is 9.79. The van der Waals surface area contributed by atoms with E-state index >= 15 is 0 Å². The van der Waals surface area contributed by atoms with Gasteiger partial charge < -0.3 is 19.3 Å². The predicted molar refractivity (Wildman–Crippen MR) is 87.0 cm³/mol. The van der Waals surface area contributed by atoms with Gasteiger partial charge in [0.05, 0.1) is 20.3 Å². The lowest BCUT2D eigenvalue weighted by Gasteiger charge is -2.30. The summed E-state index contributed by atoms with van der Waals surface area (Å²) in [6.45, 7) is 0. The summed E-state index contributed by atoms with van der Waals surface area (Å²) in [5, 5.41) is 27.2. The number of ether oxygens (including phenoxy) is 3. The minimum atomic E-state index is -0.764. The van der Waals surface area contributed by atoms with Gasteiger partial charge in [-0.05, 0) is 23.8 Å². The zero-order valence-corrected chi connectivity index (χ0v) is 13.2. The topological polar surface area (TPSA) is 95.6 Å². The third-order valence-electron chi connectivity index (χ3n) is 4.07. The van der Waals surface area contributed by atoms with Crippen LogP contribution in [-0.2, 0) is 0 Å². The molecule has 0 spiro atoms. The zero-order chi connectivity index (χ0) is 17.3. The van der Waals surface area contributed by atoms with Gasteiger partial charge in [0.15, 0.2) is 11.5 Å². The SMILES string of the molecule is COc1ccc(C2c3ccc(O)cc3OC(=N)C2C#N)cc1OC. The number of hydrogen-bond acceptors (Lipinski definition) is 6. The smallest absolute Gasteiger partial charge is 0.205 e. The molecule has 122 valence electrons. The molecule has 0 aliphatic carbocycles. The van der Waals surface area contributed by atoms with Crippen molar-refractivity contribution < 1.29 is 19.3 Å². The van der Waals surface area contributed by atoms with E-state index in [1.165, 1.54) is 6.07 Å². The molecular formula is C18H16N2O4. The molecule has 1 heterocycles. The molecule has 0 bridgehead atoms. The van der Waals surface area contributed by atoms with Crippen LogP contribution in [0.4, 0.5) is 0 Å². The first kappa shape index (κ1) is 15.7. The second-order valence-electron chi connectivity index (χ2n) is 5.39.